The number of aryl methyl sites for hydroxylation is 2. The summed E-state index contributed by atoms with van der Waals surface area (Å²) in [6, 6.07) is 3.28. The Morgan fingerprint density at radius 3 is 2.59 bits per heavy atom. The zero-order chi connectivity index (χ0) is 23.2. The van der Waals surface area contributed by atoms with Gasteiger partial charge in [-0.1, -0.05) is 23.2 Å². The fourth-order valence-corrected chi connectivity index (χ4v) is 4.36. The van der Waals surface area contributed by atoms with Gasteiger partial charge in [0.15, 0.2) is 0 Å². The highest BCUT2D eigenvalue weighted by Gasteiger charge is 2.28. The van der Waals surface area contributed by atoms with Crippen molar-refractivity contribution in [1.29, 1.82) is 0 Å². The molecule has 170 valence electrons. The summed E-state index contributed by atoms with van der Waals surface area (Å²) in [6.45, 7) is 4.46. The lowest BCUT2D eigenvalue weighted by Gasteiger charge is -2.27. The normalized spacial score (nSPS) is 14.9. The molecule has 10 heteroatoms. The molecule has 0 saturated carbocycles. The molecular formula is C22H22Cl2F2N4O2. The third kappa shape index (κ3) is 4.19. The van der Waals surface area contributed by atoms with E-state index >= 15 is 0 Å². The first kappa shape index (κ1) is 22.9. The lowest BCUT2D eigenvalue weighted by molar-refractivity contribution is 0.0130. The van der Waals surface area contributed by atoms with Gasteiger partial charge in [-0.2, -0.15) is 8.78 Å². The van der Waals surface area contributed by atoms with Crippen molar-refractivity contribution in [1.82, 2.24) is 19.4 Å². The number of fused-ring (bicyclic) bond motifs is 1. The van der Waals surface area contributed by atoms with E-state index in [0.717, 1.165) is 18.0 Å². The van der Waals surface area contributed by atoms with Gasteiger partial charge in [-0.15, -0.1) is 0 Å². The van der Waals surface area contributed by atoms with Gasteiger partial charge in [-0.25, -0.2) is 9.97 Å². The van der Waals surface area contributed by atoms with Crippen LogP contribution in [0.1, 0.15) is 39.9 Å². The Morgan fingerprint density at radius 2 is 1.94 bits per heavy atom. The average Bonchev–Trinajstić information content (AvgIpc) is 3.07. The summed E-state index contributed by atoms with van der Waals surface area (Å²) in [5.41, 5.74) is 2.31. The molecule has 1 aliphatic heterocycles. The molecule has 0 radical (unpaired) electrons. The molecule has 1 amide bonds. The quantitative estimate of drug-likeness (QED) is 0.537. The van der Waals surface area contributed by atoms with Crippen LogP contribution in [0, 0.1) is 6.92 Å². The van der Waals surface area contributed by atoms with Gasteiger partial charge >= 0.3 is 0 Å². The van der Waals surface area contributed by atoms with E-state index in [1.165, 1.54) is 12.3 Å². The molecule has 4 heterocycles. The van der Waals surface area contributed by atoms with Crippen molar-refractivity contribution in [3.63, 3.8) is 0 Å². The summed E-state index contributed by atoms with van der Waals surface area (Å²) in [7, 11) is 1.75. The summed E-state index contributed by atoms with van der Waals surface area (Å²) < 4.78 is 34.8. The van der Waals surface area contributed by atoms with Gasteiger partial charge in [0.05, 0.1) is 23.3 Å². The smallest absolute Gasteiger partial charge is 0.287 e. The molecule has 1 aliphatic rings. The van der Waals surface area contributed by atoms with Gasteiger partial charge in [0.2, 0.25) is 0 Å². The molecular weight excluding hydrogens is 461 g/mol. The highest BCUT2D eigenvalue weighted by atomic mass is 35.5. The molecule has 0 spiro atoms. The van der Waals surface area contributed by atoms with E-state index < -0.39 is 5.92 Å². The van der Waals surface area contributed by atoms with Crippen LogP contribution >= 0.6 is 23.2 Å². The topological polar surface area (TPSA) is 60.3 Å². The Hall–Kier alpha value is -2.29. The number of halogens is 4. The van der Waals surface area contributed by atoms with E-state index in [1.54, 1.807) is 23.4 Å². The summed E-state index contributed by atoms with van der Waals surface area (Å²) in [5.74, 6) is -3.32. The van der Waals surface area contributed by atoms with E-state index in [1.807, 2.05) is 6.07 Å². The van der Waals surface area contributed by atoms with Gasteiger partial charge in [0.25, 0.3) is 11.8 Å². The van der Waals surface area contributed by atoms with Crippen LogP contribution in [0.3, 0.4) is 0 Å². The first-order valence-electron chi connectivity index (χ1n) is 10.1. The molecule has 0 aliphatic carbocycles. The Kier molecular flexibility index (Phi) is 6.13. The number of ether oxygens (including phenoxy) is 1. The van der Waals surface area contributed by atoms with Crippen molar-refractivity contribution in [2.75, 3.05) is 26.3 Å². The number of hydrogen-bond acceptors (Lipinski definition) is 4. The van der Waals surface area contributed by atoms with Crippen LogP contribution < -0.4 is 0 Å². The number of nitrogens with zero attached hydrogens (tertiary/aromatic N) is 4. The van der Waals surface area contributed by atoms with Crippen molar-refractivity contribution in [2.45, 2.75) is 26.2 Å². The largest absolute Gasteiger partial charge is 0.378 e. The maximum atomic E-state index is 13.9. The molecule has 0 unspecified atom stereocenters. The minimum absolute atomic E-state index is 0.133. The van der Waals surface area contributed by atoms with Gasteiger partial charge in [0.1, 0.15) is 17.0 Å². The highest BCUT2D eigenvalue weighted by Crippen LogP contribution is 2.33. The third-order valence-corrected chi connectivity index (χ3v) is 6.41. The van der Waals surface area contributed by atoms with Crippen LogP contribution in [-0.4, -0.2) is 51.6 Å². The van der Waals surface area contributed by atoms with Gasteiger partial charge in [-0.3, -0.25) is 4.79 Å². The second kappa shape index (κ2) is 8.57. The van der Waals surface area contributed by atoms with Crippen molar-refractivity contribution in [3.8, 4) is 0 Å². The summed E-state index contributed by atoms with van der Waals surface area (Å²) in [4.78, 5) is 22.9. The van der Waals surface area contributed by atoms with Crippen LogP contribution in [0.25, 0.3) is 11.0 Å². The number of amides is 1. The number of hydrogen-bond donors (Lipinski definition) is 0. The predicted molar refractivity (Wildman–Crippen MR) is 119 cm³/mol. The van der Waals surface area contributed by atoms with Gasteiger partial charge < -0.3 is 14.2 Å². The Morgan fingerprint density at radius 1 is 1.25 bits per heavy atom. The second-order valence-corrected chi connectivity index (χ2v) is 8.76. The Bertz CT molecular complexity index is 1200. The monoisotopic (exact) mass is 482 g/mol. The number of morpholine rings is 1. The fourth-order valence-electron chi connectivity index (χ4n) is 3.81. The van der Waals surface area contributed by atoms with Crippen molar-refractivity contribution < 1.29 is 18.3 Å². The minimum atomic E-state index is -3.05. The molecule has 0 atom stereocenters. The number of alkyl halides is 2. The van der Waals surface area contributed by atoms with Crippen molar-refractivity contribution in [3.05, 3.63) is 56.6 Å². The average molecular weight is 483 g/mol. The highest BCUT2D eigenvalue weighted by molar-refractivity contribution is 6.37. The fraction of sp³-hybridized carbons (Fsp3) is 0.409. The summed E-state index contributed by atoms with van der Waals surface area (Å²) >= 11 is 13.0. The number of aromatic nitrogens is 3. The Balaban J connectivity index is 1.73. The maximum Gasteiger partial charge on any atom is 0.287 e. The van der Waals surface area contributed by atoms with E-state index in [-0.39, 0.29) is 28.7 Å². The van der Waals surface area contributed by atoms with Crippen LogP contribution in [0.4, 0.5) is 8.78 Å². The number of pyridine rings is 2. The standard InChI is InChI=1S/C22H22Cl2F2N4O2/c1-12-8-17(22(2,25)26)28-20-14(12)9-13(29(20)3)10-15-16(23)11-27-19(18(15)24)21(31)30-4-6-32-7-5-30/h8-9,11H,4-7,10H2,1-3H3. The van der Waals surface area contributed by atoms with E-state index in [4.69, 9.17) is 27.9 Å². The Labute approximate surface area is 194 Å². The number of carbonyl (C=O) groups is 1. The lowest BCUT2D eigenvalue weighted by Crippen LogP contribution is -2.41. The van der Waals surface area contributed by atoms with Crippen molar-refractivity contribution in [2.24, 2.45) is 7.05 Å². The molecule has 1 saturated heterocycles. The predicted octanol–water partition coefficient (Wildman–Crippen LogP) is 4.76. The van der Waals surface area contributed by atoms with Crippen LogP contribution in [0.5, 0.6) is 0 Å². The molecule has 0 aromatic carbocycles. The minimum Gasteiger partial charge on any atom is -0.378 e. The molecule has 3 aromatic heterocycles. The van der Waals surface area contributed by atoms with Gasteiger partial charge in [-0.05, 0) is 30.2 Å². The van der Waals surface area contributed by atoms with Crippen LogP contribution in [0.15, 0.2) is 18.3 Å². The van der Waals surface area contributed by atoms with E-state index in [0.29, 0.717) is 48.1 Å². The molecule has 1 fully saturated rings. The third-order valence-electron chi connectivity index (χ3n) is 5.68. The van der Waals surface area contributed by atoms with E-state index in [9.17, 15) is 13.6 Å². The molecule has 0 N–H and O–H groups in total. The molecule has 0 bridgehead atoms. The second-order valence-electron chi connectivity index (χ2n) is 7.97. The SMILES string of the molecule is Cc1cc(C(C)(F)F)nc2c1cc(Cc1c(Cl)cnc(C(=O)N3CCOCC3)c1Cl)n2C. The van der Waals surface area contributed by atoms with Crippen LogP contribution in [-0.2, 0) is 24.1 Å². The maximum absolute atomic E-state index is 13.9. The number of carbonyl (C=O) groups excluding carboxylic acids is 1. The molecule has 6 nitrogen and oxygen atoms in total. The van der Waals surface area contributed by atoms with Crippen LogP contribution in [0.2, 0.25) is 10.0 Å². The molecule has 4 rings (SSSR count). The van der Waals surface area contributed by atoms with Gasteiger partial charge in [0, 0.05) is 50.8 Å². The van der Waals surface area contributed by atoms with E-state index in [2.05, 4.69) is 9.97 Å². The van der Waals surface area contributed by atoms with Crippen molar-refractivity contribution >= 4 is 40.1 Å². The zero-order valence-corrected chi connectivity index (χ0v) is 19.4. The lowest BCUT2D eigenvalue weighted by atomic mass is 10.1. The summed E-state index contributed by atoms with van der Waals surface area (Å²) in [6.07, 6.45) is 1.70. The first-order valence-corrected chi connectivity index (χ1v) is 10.9. The first-order chi connectivity index (χ1) is 15.1. The summed E-state index contributed by atoms with van der Waals surface area (Å²) in [5, 5.41) is 1.27. The zero-order valence-electron chi connectivity index (χ0n) is 17.9. The number of rotatable bonds is 4. The molecule has 3 aromatic rings. The molecule has 32 heavy (non-hydrogen) atoms.